The molecule has 1 heterocycles. The first-order valence-corrected chi connectivity index (χ1v) is 10.6. The number of carboxylic acids is 1. The summed E-state index contributed by atoms with van der Waals surface area (Å²) in [6.07, 6.45) is 0. The van der Waals surface area contributed by atoms with Gasteiger partial charge in [-0.15, -0.1) is 0 Å². The van der Waals surface area contributed by atoms with E-state index in [0.29, 0.717) is 27.6 Å². The molecule has 4 aromatic rings. The summed E-state index contributed by atoms with van der Waals surface area (Å²) in [7, 11) is 0. The maximum Gasteiger partial charge on any atom is 0.336 e. The number of carboxylic acid groups (broad SMARTS) is 1. The van der Waals surface area contributed by atoms with E-state index in [1.165, 1.54) is 18.2 Å². The molecule has 0 aromatic heterocycles. The molecule has 1 aliphatic heterocycles. The third kappa shape index (κ3) is 3.79. The van der Waals surface area contributed by atoms with Gasteiger partial charge in [0.25, 0.3) is 5.91 Å². The van der Waals surface area contributed by atoms with Crippen LogP contribution in [0.4, 0.5) is 0 Å². The van der Waals surface area contributed by atoms with Crippen LogP contribution in [0, 0.1) is 5.41 Å². The number of carbonyl (C=O) groups excluding carboxylic acids is 1. The summed E-state index contributed by atoms with van der Waals surface area (Å²) in [4.78, 5) is 32.4. The number of benzene rings is 4. The number of carbonyl (C=O) groups is 2. The van der Waals surface area contributed by atoms with Gasteiger partial charge in [0.1, 0.15) is 17.6 Å². The molecule has 1 amide bonds. The molecule has 9 heteroatoms. The summed E-state index contributed by atoms with van der Waals surface area (Å²) >= 11 is 0. The molecule has 1 unspecified atom stereocenters. The fourth-order valence-corrected chi connectivity index (χ4v) is 4.25. The van der Waals surface area contributed by atoms with E-state index in [1.54, 1.807) is 23.7 Å². The van der Waals surface area contributed by atoms with Gasteiger partial charge in [-0.25, -0.2) is 15.3 Å². The number of aliphatic imine (C=N–C) groups is 2. The van der Waals surface area contributed by atoms with Gasteiger partial charge in [-0.2, -0.15) is 0 Å². The van der Waals surface area contributed by atoms with Gasteiger partial charge < -0.3 is 10.8 Å². The molecule has 0 radical (unpaired) electrons. The van der Waals surface area contributed by atoms with Crippen molar-refractivity contribution in [3.63, 3.8) is 0 Å². The summed E-state index contributed by atoms with van der Waals surface area (Å²) < 4.78 is 0. The third-order valence-electron chi connectivity index (χ3n) is 5.97. The molecule has 1 aliphatic rings. The highest BCUT2D eigenvalue weighted by molar-refractivity contribution is 6.49. The molecule has 6 N–H and O–H groups in total. The molecule has 35 heavy (non-hydrogen) atoms. The van der Waals surface area contributed by atoms with Gasteiger partial charge in [-0.05, 0) is 57.4 Å². The average molecular weight is 465 g/mol. The van der Waals surface area contributed by atoms with Crippen molar-refractivity contribution in [3.8, 4) is 0 Å². The molecule has 1 atom stereocenters. The van der Waals surface area contributed by atoms with E-state index >= 15 is 0 Å². The Kier molecular flexibility index (Phi) is 5.31. The Morgan fingerprint density at radius 3 is 2.23 bits per heavy atom. The van der Waals surface area contributed by atoms with Crippen molar-refractivity contribution in [2.24, 2.45) is 15.7 Å². The van der Waals surface area contributed by atoms with Crippen LogP contribution in [0.15, 0.2) is 82.8 Å². The number of amides is 1. The van der Waals surface area contributed by atoms with Gasteiger partial charge in [0.2, 0.25) is 0 Å². The molecular formula is C26H19N5O4. The fraction of sp³-hybridized carbons (Fsp3) is 0.0385. The van der Waals surface area contributed by atoms with E-state index in [9.17, 15) is 14.7 Å². The molecule has 4 aromatic carbocycles. The molecule has 0 saturated carbocycles. The standard InChI is InChI=1S/C26H19N5O4/c27-23-21(13-5-7-14(8-6-13)25(32)31-35)29-24(28)22(30-23)17-9-10-18(26(33)34)20-12-16-4-2-1-3-15(16)11-19(17)20/h1-12,22,28,35H,(H2,27,30)(H,31,32)(H,33,34). The van der Waals surface area contributed by atoms with E-state index in [0.717, 1.165) is 10.8 Å². The smallest absolute Gasteiger partial charge is 0.336 e. The number of nitrogens with zero attached hydrogens (tertiary/aromatic N) is 2. The van der Waals surface area contributed by atoms with Crippen molar-refractivity contribution in [3.05, 3.63) is 95.1 Å². The normalized spacial score (nSPS) is 15.6. The zero-order valence-electron chi connectivity index (χ0n) is 18.2. The molecule has 0 fully saturated rings. The molecular weight excluding hydrogens is 446 g/mol. The molecule has 0 bridgehead atoms. The molecule has 172 valence electrons. The third-order valence-corrected chi connectivity index (χ3v) is 5.97. The van der Waals surface area contributed by atoms with Crippen molar-refractivity contribution in [2.75, 3.05) is 0 Å². The predicted molar refractivity (Wildman–Crippen MR) is 133 cm³/mol. The Morgan fingerprint density at radius 2 is 1.60 bits per heavy atom. The SMILES string of the molecule is N=C1N=C(c2ccc(C(=O)NO)cc2)C(N)=NC1c1ccc(C(=O)O)c2cc3ccccc3cc12. The van der Waals surface area contributed by atoms with Crippen molar-refractivity contribution < 1.29 is 19.9 Å². The highest BCUT2D eigenvalue weighted by atomic mass is 16.5. The Bertz CT molecular complexity index is 1610. The van der Waals surface area contributed by atoms with Crippen molar-refractivity contribution in [1.82, 2.24) is 5.48 Å². The summed E-state index contributed by atoms with van der Waals surface area (Å²) in [5.74, 6) is -1.64. The van der Waals surface area contributed by atoms with Crippen LogP contribution < -0.4 is 11.2 Å². The largest absolute Gasteiger partial charge is 0.478 e. The zero-order valence-corrected chi connectivity index (χ0v) is 18.2. The number of hydrogen-bond acceptors (Lipinski definition) is 6. The predicted octanol–water partition coefficient (Wildman–Crippen LogP) is 3.69. The van der Waals surface area contributed by atoms with Crippen LogP contribution in [0.3, 0.4) is 0 Å². The number of amidine groups is 2. The van der Waals surface area contributed by atoms with Gasteiger partial charge in [-0.3, -0.25) is 20.4 Å². The maximum absolute atomic E-state index is 11.9. The lowest BCUT2D eigenvalue weighted by Crippen LogP contribution is -2.32. The molecule has 0 spiro atoms. The molecule has 0 aliphatic carbocycles. The summed E-state index contributed by atoms with van der Waals surface area (Å²) in [6, 6.07) is 19.9. The first-order valence-electron chi connectivity index (χ1n) is 10.6. The van der Waals surface area contributed by atoms with Crippen LogP contribution in [-0.2, 0) is 0 Å². The minimum absolute atomic E-state index is 0.0519. The van der Waals surface area contributed by atoms with Crippen molar-refractivity contribution >= 4 is 50.8 Å². The number of nitrogens with two attached hydrogens (primary N) is 1. The van der Waals surface area contributed by atoms with Crippen LogP contribution in [0.25, 0.3) is 21.5 Å². The number of aromatic carboxylic acids is 1. The minimum Gasteiger partial charge on any atom is -0.478 e. The fourth-order valence-electron chi connectivity index (χ4n) is 4.25. The monoisotopic (exact) mass is 465 g/mol. The van der Waals surface area contributed by atoms with Gasteiger partial charge in [-0.1, -0.05) is 42.5 Å². The topological polar surface area (TPSA) is 161 Å². The minimum atomic E-state index is -1.04. The Labute approximate surface area is 198 Å². The second kappa shape index (κ2) is 8.47. The van der Waals surface area contributed by atoms with E-state index in [1.807, 2.05) is 36.4 Å². The lowest BCUT2D eigenvalue weighted by Gasteiger charge is -2.21. The van der Waals surface area contributed by atoms with E-state index in [-0.39, 0.29) is 22.8 Å². The Balaban J connectivity index is 1.60. The summed E-state index contributed by atoms with van der Waals surface area (Å²) in [6.45, 7) is 0. The lowest BCUT2D eigenvalue weighted by molar-refractivity contribution is 0.0695. The maximum atomic E-state index is 11.9. The van der Waals surface area contributed by atoms with E-state index < -0.39 is 17.9 Å². The van der Waals surface area contributed by atoms with Crippen molar-refractivity contribution in [1.29, 1.82) is 5.41 Å². The van der Waals surface area contributed by atoms with E-state index in [4.69, 9.17) is 16.4 Å². The van der Waals surface area contributed by atoms with Crippen LogP contribution in [0.2, 0.25) is 0 Å². The van der Waals surface area contributed by atoms with E-state index in [2.05, 4.69) is 9.98 Å². The van der Waals surface area contributed by atoms with Gasteiger partial charge in [0.15, 0.2) is 5.84 Å². The number of fused-ring (bicyclic) bond motifs is 2. The second-order valence-corrected chi connectivity index (χ2v) is 8.03. The average Bonchev–Trinajstić information content (AvgIpc) is 2.87. The van der Waals surface area contributed by atoms with Crippen LogP contribution in [0.5, 0.6) is 0 Å². The lowest BCUT2D eigenvalue weighted by atomic mass is 9.92. The van der Waals surface area contributed by atoms with Crippen LogP contribution in [-0.4, -0.2) is 39.6 Å². The van der Waals surface area contributed by atoms with Crippen LogP contribution >= 0.6 is 0 Å². The molecule has 0 saturated heterocycles. The molecule has 9 nitrogen and oxygen atoms in total. The van der Waals surface area contributed by atoms with Gasteiger partial charge in [0, 0.05) is 11.1 Å². The number of rotatable bonds is 4. The van der Waals surface area contributed by atoms with Crippen LogP contribution in [0.1, 0.15) is 37.9 Å². The zero-order chi connectivity index (χ0) is 24.7. The second-order valence-electron chi connectivity index (χ2n) is 8.03. The summed E-state index contributed by atoms with van der Waals surface area (Å²) in [5.41, 5.74) is 9.69. The highest BCUT2D eigenvalue weighted by Crippen LogP contribution is 2.34. The summed E-state index contributed by atoms with van der Waals surface area (Å²) in [5, 5.41) is 30.2. The quantitative estimate of drug-likeness (QED) is 0.176. The first-order chi connectivity index (χ1) is 16.9. The number of hydroxylamine groups is 1. The Hall–Kier alpha value is -4.89. The van der Waals surface area contributed by atoms with Crippen molar-refractivity contribution in [2.45, 2.75) is 6.04 Å². The highest BCUT2D eigenvalue weighted by Gasteiger charge is 2.27. The van der Waals surface area contributed by atoms with Gasteiger partial charge in [0.05, 0.1) is 5.56 Å². The Morgan fingerprint density at radius 1 is 0.943 bits per heavy atom. The molecule has 5 rings (SSSR count). The number of hydrogen-bond donors (Lipinski definition) is 5. The van der Waals surface area contributed by atoms with Gasteiger partial charge >= 0.3 is 5.97 Å². The number of nitrogens with one attached hydrogen (secondary N) is 2. The first kappa shape index (κ1) is 21.9.